The number of ether oxygens (including phenoxy) is 1. The van der Waals surface area contributed by atoms with Crippen LogP contribution in [0.25, 0.3) is 0 Å². The van der Waals surface area contributed by atoms with Crippen LogP contribution < -0.4 is 5.32 Å². The molecule has 2 unspecified atom stereocenters. The molecule has 16 heavy (non-hydrogen) atoms. The van der Waals surface area contributed by atoms with Crippen LogP contribution in [0.2, 0.25) is 0 Å². The zero-order valence-electron chi connectivity index (χ0n) is 10.6. The number of methoxy groups -OCH3 is 1. The Morgan fingerprint density at radius 2 is 2.25 bits per heavy atom. The lowest BCUT2D eigenvalue weighted by atomic mass is 10.1. The Morgan fingerprint density at radius 3 is 2.81 bits per heavy atom. The standard InChI is InChI=1S/C11H22N4O/c1-5-12-10(9(3)16-4)7-11-13-8-14-15(11)6-2/h8-10,12H,5-7H2,1-4H3. The Labute approximate surface area is 97.2 Å². The molecule has 92 valence electrons. The van der Waals surface area contributed by atoms with E-state index in [1.54, 1.807) is 13.4 Å². The minimum Gasteiger partial charge on any atom is -0.380 e. The molecule has 1 rings (SSSR count). The summed E-state index contributed by atoms with van der Waals surface area (Å²) in [5, 5.41) is 7.59. The van der Waals surface area contributed by atoms with Crippen molar-refractivity contribution in [3.8, 4) is 0 Å². The maximum absolute atomic E-state index is 5.37. The molecule has 0 saturated carbocycles. The molecule has 0 radical (unpaired) electrons. The van der Waals surface area contributed by atoms with Gasteiger partial charge in [-0.2, -0.15) is 5.10 Å². The number of aryl methyl sites for hydroxylation is 1. The lowest BCUT2D eigenvalue weighted by Crippen LogP contribution is -2.41. The van der Waals surface area contributed by atoms with E-state index in [1.807, 2.05) is 4.68 Å². The van der Waals surface area contributed by atoms with Crippen molar-refractivity contribution in [2.24, 2.45) is 0 Å². The summed E-state index contributed by atoms with van der Waals surface area (Å²) < 4.78 is 7.29. The number of rotatable bonds is 7. The first-order chi connectivity index (χ1) is 7.72. The highest BCUT2D eigenvalue weighted by molar-refractivity contribution is 4.91. The highest BCUT2D eigenvalue weighted by atomic mass is 16.5. The van der Waals surface area contributed by atoms with E-state index in [2.05, 4.69) is 36.2 Å². The summed E-state index contributed by atoms with van der Waals surface area (Å²) in [6, 6.07) is 0.282. The topological polar surface area (TPSA) is 52.0 Å². The summed E-state index contributed by atoms with van der Waals surface area (Å²) >= 11 is 0. The van der Waals surface area contributed by atoms with Crippen molar-refractivity contribution in [2.75, 3.05) is 13.7 Å². The molecule has 0 aromatic carbocycles. The van der Waals surface area contributed by atoms with Crippen molar-refractivity contribution in [3.05, 3.63) is 12.2 Å². The third-order valence-electron chi connectivity index (χ3n) is 2.80. The van der Waals surface area contributed by atoms with Gasteiger partial charge in [0.1, 0.15) is 12.2 Å². The molecule has 1 aromatic rings. The minimum atomic E-state index is 0.168. The highest BCUT2D eigenvalue weighted by Gasteiger charge is 2.18. The maximum Gasteiger partial charge on any atom is 0.138 e. The molecule has 0 saturated heterocycles. The second-order valence-corrected chi connectivity index (χ2v) is 3.80. The summed E-state index contributed by atoms with van der Waals surface area (Å²) in [5.74, 6) is 1.01. The van der Waals surface area contributed by atoms with Crippen molar-refractivity contribution in [3.63, 3.8) is 0 Å². The second-order valence-electron chi connectivity index (χ2n) is 3.80. The highest BCUT2D eigenvalue weighted by Crippen LogP contribution is 2.05. The van der Waals surface area contributed by atoms with Crippen LogP contribution in [-0.2, 0) is 17.7 Å². The molecule has 0 aliphatic carbocycles. The van der Waals surface area contributed by atoms with Crippen molar-refractivity contribution in [1.82, 2.24) is 20.1 Å². The van der Waals surface area contributed by atoms with Crippen LogP contribution in [0.4, 0.5) is 0 Å². The fourth-order valence-corrected chi connectivity index (χ4v) is 1.74. The fraction of sp³-hybridized carbons (Fsp3) is 0.818. The fourth-order valence-electron chi connectivity index (χ4n) is 1.74. The van der Waals surface area contributed by atoms with E-state index >= 15 is 0 Å². The Hall–Kier alpha value is -0.940. The summed E-state index contributed by atoms with van der Waals surface area (Å²) in [7, 11) is 1.74. The average Bonchev–Trinajstić information content (AvgIpc) is 2.74. The third kappa shape index (κ3) is 3.28. The third-order valence-corrected chi connectivity index (χ3v) is 2.80. The predicted octanol–water partition coefficient (Wildman–Crippen LogP) is 0.853. The van der Waals surface area contributed by atoms with Gasteiger partial charge in [-0.3, -0.25) is 4.68 Å². The van der Waals surface area contributed by atoms with E-state index < -0.39 is 0 Å². The van der Waals surface area contributed by atoms with Crippen LogP contribution in [0.1, 0.15) is 26.6 Å². The van der Waals surface area contributed by atoms with Gasteiger partial charge < -0.3 is 10.1 Å². The Balaban J connectivity index is 2.67. The first-order valence-corrected chi connectivity index (χ1v) is 5.85. The van der Waals surface area contributed by atoms with Crippen LogP contribution in [0.3, 0.4) is 0 Å². The van der Waals surface area contributed by atoms with Crippen LogP contribution in [0, 0.1) is 0 Å². The van der Waals surface area contributed by atoms with Gasteiger partial charge in [0.25, 0.3) is 0 Å². The largest absolute Gasteiger partial charge is 0.380 e. The zero-order chi connectivity index (χ0) is 12.0. The average molecular weight is 226 g/mol. The van der Waals surface area contributed by atoms with E-state index in [0.717, 1.165) is 25.3 Å². The number of aromatic nitrogens is 3. The molecular formula is C11H22N4O. The van der Waals surface area contributed by atoms with E-state index in [1.165, 1.54) is 0 Å². The van der Waals surface area contributed by atoms with Crippen molar-refractivity contribution < 1.29 is 4.74 Å². The predicted molar refractivity (Wildman–Crippen MR) is 63.3 cm³/mol. The molecular weight excluding hydrogens is 204 g/mol. The first-order valence-electron chi connectivity index (χ1n) is 5.85. The second kappa shape index (κ2) is 6.60. The Kier molecular flexibility index (Phi) is 5.42. The molecule has 1 N–H and O–H groups in total. The smallest absolute Gasteiger partial charge is 0.138 e. The monoisotopic (exact) mass is 226 g/mol. The van der Waals surface area contributed by atoms with Gasteiger partial charge in [-0.25, -0.2) is 4.98 Å². The number of nitrogens with zero attached hydrogens (tertiary/aromatic N) is 3. The number of hydrogen-bond donors (Lipinski definition) is 1. The van der Waals surface area contributed by atoms with Crippen LogP contribution in [0.5, 0.6) is 0 Å². The Morgan fingerprint density at radius 1 is 1.50 bits per heavy atom. The Bertz CT molecular complexity index is 300. The summed E-state index contributed by atoms with van der Waals surface area (Å²) in [4.78, 5) is 4.28. The van der Waals surface area contributed by atoms with Crippen LogP contribution in [0.15, 0.2) is 6.33 Å². The number of hydrogen-bond acceptors (Lipinski definition) is 4. The SMILES string of the molecule is CCNC(Cc1ncnn1CC)C(C)OC. The van der Waals surface area contributed by atoms with Gasteiger partial charge in [-0.1, -0.05) is 6.92 Å². The molecule has 1 aromatic heterocycles. The molecule has 5 heteroatoms. The van der Waals surface area contributed by atoms with Crippen LogP contribution in [-0.4, -0.2) is 40.6 Å². The van der Waals surface area contributed by atoms with Gasteiger partial charge in [0.15, 0.2) is 0 Å². The van der Waals surface area contributed by atoms with Gasteiger partial charge in [-0.05, 0) is 20.4 Å². The number of nitrogens with one attached hydrogen (secondary N) is 1. The van der Waals surface area contributed by atoms with E-state index in [-0.39, 0.29) is 12.1 Å². The zero-order valence-corrected chi connectivity index (χ0v) is 10.6. The van der Waals surface area contributed by atoms with Crippen LogP contribution >= 0.6 is 0 Å². The lowest BCUT2D eigenvalue weighted by molar-refractivity contribution is 0.0826. The minimum absolute atomic E-state index is 0.168. The van der Waals surface area contributed by atoms with Crippen molar-refractivity contribution >= 4 is 0 Å². The van der Waals surface area contributed by atoms with Gasteiger partial charge in [0.2, 0.25) is 0 Å². The molecule has 0 fully saturated rings. The molecule has 0 aliphatic heterocycles. The van der Waals surface area contributed by atoms with Gasteiger partial charge in [-0.15, -0.1) is 0 Å². The van der Waals surface area contributed by atoms with E-state index in [0.29, 0.717) is 0 Å². The molecule has 0 aliphatic rings. The van der Waals surface area contributed by atoms with Crippen molar-refractivity contribution in [2.45, 2.75) is 45.9 Å². The first kappa shape index (κ1) is 13.1. The molecule has 0 spiro atoms. The summed E-state index contributed by atoms with van der Waals surface area (Å²) in [6.45, 7) is 8.02. The lowest BCUT2D eigenvalue weighted by Gasteiger charge is -2.23. The number of likely N-dealkylation sites (N-methyl/N-ethyl adjacent to an activating group) is 1. The maximum atomic E-state index is 5.37. The van der Waals surface area contributed by atoms with E-state index in [9.17, 15) is 0 Å². The van der Waals surface area contributed by atoms with Crippen molar-refractivity contribution in [1.29, 1.82) is 0 Å². The van der Waals surface area contributed by atoms with Gasteiger partial charge in [0.05, 0.1) is 6.10 Å². The van der Waals surface area contributed by atoms with Gasteiger partial charge in [0, 0.05) is 26.1 Å². The normalized spacial score (nSPS) is 15.0. The molecule has 0 amide bonds. The molecule has 0 bridgehead atoms. The summed E-state index contributed by atoms with van der Waals surface area (Å²) in [5.41, 5.74) is 0. The van der Waals surface area contributed by atoms with Gasteiger partial charge >= 0.3 is 0 Å². The summed E-state index contributed by atoms with van der Waals surface area (Å²) in [6.07, 6.45) is 2.62. The van der Waals surface area contributed by atoms with E-state index in [4.69, 9.17) is 4.74 Å². The molecule has 5 nitrogen and oxygen atoms in total. The quantitative estimate of drug-likeness (QED) is 0.749. The molecule has 1 heterocycles. The molecule has 2 atom stereocenters.